The van der Waals surface area contributed by atoms with Crippen LogP contribution >= 0.6 is 0 Å². The van der Waals surface area contributed by atoms with E-state index in [1.807, 2.05) is 12.1 Å². The Kier molecular flexibility index (Phi) is 4.57. The van der Waals surface area contributed by atoms with Gasteiger partial charge < -0.3 is 10.2 Å². The number of aryl methyl sites for hydroxylation is 1. The Balaban J connectivity index is 1.68. The lowest BCUT2D eigenvalue weighted by atomic mass is 10.00. The number of rotatable bonds is 4. The Morgan fingerprint density at radius 3 is 2.71 bits per heavy atom. The minimum atomic E-state index is -0.466. The van der Waals surface area contributed by atoms with E-state index in [-0.39, 0.29) is 11.6 Å². The molecule has 124 valence electrons. The molecule has 0 saturated heterocycles. The molecule has 6 nitrogen and oxygen atoms in total. The van der Waals surface area contributed by atoms with Crippen LogP contribution in [0.25, 0.3) is 0 Å². The molecule has 1 amide bonds. The van der Waals surface area contributed by atoms with Gasteiger partial charge in [-0.1, -0.05) is 36.4 Å². The van der Waals surface area contributed by atoms with Crippen LogP contribution in [0.1, 0.15) is 16.7 Å². The van der Waals surface area contributed by atoms with Gasteiger partial charge in [-0.15, -0.1) is 0 Å². The van der Waals surface area contributed by atoms with Crippen LogP contribution in [0.3, 0.4) is 0 Å². The van der Waals surface area contributed by atoms with Crippen molar-refractivity contribution in [3.8, 4) is 0 Å². The van der Waals surface area contributed by atoms with Crippen molar-refractivity contribution in [2.75, 3.05) is 18.4 Å². The van der Waals surface area contributed by atoms with Gasteiger partial charge in [-0.05, 0) is 18.1 Å². The monoisotopic (exact) mass is 326 g/mol. The van der Waals surface area contributed by atoms with Crippen molar-refractivity contribution in [2.24, 2.45) is 0 Å². The number of hydrogen-bond acceptors (Lipinski definition) is 3. The number of quaternary nitrogens is 1. The van der Waals surface area contributed by atoms with Crippen LogP contribution in [0.15, 0.2) is 42.5 Å². The average molecular weight is 326 g/mol. The number of nitrogens with zero attached hydrogens (tertiary/aromatic N) is 1. The standard InChI is InChI=1S/C18H19N3O3/c1-13-5-4-8-16(21(23)24)18(13)19-17(22)12-20-10-9-14-6-2-3-7-15(14)11-20/h2-8H,9-12H2,1H3,(H,19,22)/p+1. The van der Waals surface area contributed by atoms with Crippen LogP contribution in [0.2, 0.25) is 0 Å². The molecule has 0 fully saturated rings. The summed E-state index contributed by atoms with van der Waals surface area (Å²) in [5, 5.41) is 13.9. The largest absolute Gasteiger partial charge is 0.323 e. The van der Waals surface area contributed by atoms with Gasteiger partial charge in [0.1, 0.15) is 12.2 Å². The fraction of sp³-hybridized carbons (Fsp3) is 0.278. The van der Waals surface area contributed by atoms with E-state index in [4.69, 9.17) is 0 Å². The maximum absolute atomic E-state index is 12.4. The third kappa shape index (κ3) is 3.44. The summed E-state index contributed by atoms with van der Waals surface area (Å²) in [4.78, 5) is 24.2. The van der Waals surface area contributed by atoms with E-state index in [1.54, 1.807) is 19.1 Å². The number of nitrogens with one attached hydrogen (secondary N) is 2. The highest BCUT2D eigenvalue weighted by molar-refractivity contribution is 5.94. The van der Waals surface area contributed by atoms with Crippen molar-refractivity contribution in [3.05, 3.63) is 69.3 Å². The zero-order chi connectivity index (χ0) is 17.1. The smallest absolute Gasteiger partial charge is 0.293 e. The number of anilines is 1. The van der Waals surface area contributed by atoms with Gasteiger partial charge in [-0.25, -0.2) is 0 Å². The summed E-state index contributed by atoms with van der Waals surface area (Å²) >= 11 is 0. The molecule has 1 heterocycles. The third-order valence-corrected chi connectivity index (χ3v) is 4.43. The quantitative estimate of drug-likeness (QED) is 0.660. The lowest BCUT2D eigenvalue weighted by Gasteiger charge is -2.25. The Morgan fingerprint density at radius 2 is 1.96 bits per heavy atom. The minimum Gasteiger partial charge on any atom is -0.323 e. The Labute approximate surface area is 140 Å². The number of nitro benzene ring substituents is 1. The topological polar surface area (TPSA) is 76.7 Å². The molecule has 2 aromatic rings. The predicted octanol–water partition coefficient (Wildman–Crippen LogP) is 1.48. The first-order valence-corrected chi connectivity index (χ1v) is 7.99. The van der Waals surface area contributed by atoms with Gasteiger partial charge in [0.15, 0.2) is 6.54 Å². The van der Waals surface area contributed by atoms with Crippen molar-refractivity contribution < 1.29 is 14.6 Å². The molecule has 1 unspecified atom stereocenters. The summed E-state index contributed by atoms with van der Waals surface area (Å²) in [6.07, 6.45) is 0.948. The molecule has 1 atom stereocenters. The molecule has 2 aromatic carbocycles. The Hall–Kier alpha value is -2.73. The Morgan fingerprint density at radius 1 is 1.21 bits per heavy atom. The van der Waals surface area contributed by atoms with Crippen LogP contribution in [0.4, 0.5) is 11.4 Å². The van der Waals surface area contributed by atoms with Crippen LogP contribution in [0.5, 0.6) is 0 Å². The number of fused-ring (bicyclic) bond motifs is 1. The van der Waals surface area contributed by atoms with Gasteiger partial charge in [0.25, 0.3) is 11.6 Å². The molecule has 1 aliphatic rings. The zero-order valence-corrected chi connectivity index (χ0v) is 13.5. The first kappa shape index (κ1) is 16.1. The number of hydrogen-bond donors (Lipinski definition) is 2. The van der Waals surface area contributed by atoms with Crippen LogP contribution in [-0.2, 0) is 17.8 Å². The molecule has 0 saturated carbocycles. The summed E-state index contributed by atoms with van der Waals surface area (Å²) in [5.74, 6) is -0.193. The highest BCUT2D eigenvalue weighted by Gasteiger charge is 2.23. The van der Waals surface area contributed by atoms with Crippen molar-refractivity contribution in [1.29, 1.82) is 0 Å². The molecule has 0 radical (unpaired) electrons. The van der Waals surface area contributed by atoms with E-state index < -0.39 is 4.92 Å². The highest BCUT2D eigenvalue weighted by atomic mass is 16.6. The molecule has 24 heavy (non-hydrogen) atoms. The van der Waals surface area contributed by atoms with Gasteiger partial charge in [0.2, 0.25) is 0 Å². The molecule has 2 N–H and O–H groups in total. The maximum Gasteiger partial charge on any atom is 0.293 e. The predicted molar refractivity (Wildman–Crippen MR) is 91.0 cm³/mol. The van der Waals surface area contributed by atoms with Gasteiger partial charge in [-0.3, -0.25) is 14.9 Å². The lowest BCUT2D eigenvalue weighted by molar-refractivity contribution is -0.907. The number of amides is 1. The SMILES string of the molecule is Cc1cccc([N+](=O)[O-])c1NC(=O)C[NH+]1CCc2ccccc2C1. The summed E-state index contributed by atoms with van der Waals surface area (Å²) < 4.78 is 0. The first-order chi connectivity index (χ1) is 11.5. The number of nitro groups is 1. The zero-order valence-electron chi connectivity index (χ0n) is 13.5. The summed E-state index contributed by atoms with van der Waals surface area (Å²) in [7, 11) is 0. The number of carbonyl (C=O) groups is 1. The van der Waals surface area contributed by atoms with Gasteiger partial charge in [-0.2, -0.15) is 0 Å². The average Bonchev–Trinajstić information content (AvgIpc) is 2.56. The van der Waals surface area contributed by atoms with E-state index in [2.05, 4.69) is 17.4 Å². The second-order valence-electron chi connectivity index (χ2n) is 6.15. The van der Waals surface area contributed by atoms with Crippen molar-refractivity contribution >= 4 is 17.3 Å². The number of carbonyl (C=O) groups excluding carboxylic acids is 1. The van der Waals surface area contributed by atoms with Crippen molar-refractivity contribution in [1.82, 2.24) is 0 Å². The fourth-order valence-electron chi connectivity index (χ4n) is 3.17. The summed E-state index contributed by atoms with van der Waals surface area (Å²) in [6.45, 7) is 3.76. The van der Waals surface area contributed by atoms with Gasteiger partial charge >= 0.3 is 0 Å². The van der Waals surface area contributed by atoms with E-state index in [0.29, 0.717) is 17.8 Å². The molecule has 0 bridgehead atoms. The van der Waals surface area contributed by atoms with Gasteiger partial charge in [0, 0.05) is 18.1 Å². The fourth-order valence-corrected chi connectivity index (χ4v) is 3.17. The van der Waals surface area contributed by atoms with Gasteiger partial charge in [0.05, 0.1) is 11.5 Å². The molecular formula is C18H20N3O3+. The van der Waals surface area contributed by atoms with Crippen molar-refractivity contribution in [3.63, 3.8) is 0 Å². The highest BCUT2D eigenvalue weighted by Crippen LogP contribution is 2.27. The Bertz CT molecular complexity index is 789. The molecule has 1 aliphatic heterocycles. The minimum absolute atomic E-state index is 0.0673. The molecule has 3 rings (SSSR count). The normalized spacial score (nSPS) is 16.3. The molecule has 6 heteroatoms. The van der Waals surface area contributed by atoms with E-state index in [0.717, 1.165) is 19.5 Å². The number of benzene rings is 2. The van der Waals surface area contributed by atoms with E-state index in [9.17, 15) is 14.9 Å². The second-order valence-corrected chi connectivity index (χ2v) is 6.15. The second kappa shape index (κ2) is 6.80. The molecule has 0 spiro atoms. The lowest BCUT2D eigenvalue weighted by Crippen LogP contribution is -3.12. The third-order valence-electron chi connectivity index (χ3n) is 4.43. The van der Waals surface area contributed by atoms with Crippen LogP contribution < -0.4 is 10.2 Å². The summed E-state index contributed by atoms with van der Waals surface area (Å²) in [5.41, 5.74) is 3.54. The van der Waals surface area contributed by atoms with Crippen molar-refractivity contribution in [2.45, 2.75) is 19.9 Å². The maximum atomic E-state index is 12.4. The van der Waals surface area contributed by atoms with E-state index in [1.165, 1.54) is 22.1 Å². The first-order valence-electron chi connectivity index (χ1n) is 7.99. The molecule has 0 aliphatic carbocycles. The summed E-state index contributed by atoms with van der Waals surface area (Å²) in [6, 6.07) is 13.1. The van der Waals surface area contributed by atoms with Crippen LogP contribution in [0, 0.1) is 17.0 Å². The molecule has 0 aromatic heterocycles. The number of para-hydroxylation sites is 1. The van der Waals surface area contributed by atoms with E-state index >= 15 is 0 Å². The van der Waals surface area contributed by atoms with Crippen LogP contribution in [-0.4, -0.2) is 23.9 Å². The molecular weight excluding hydrogens is 306 g/mol.